The molecule has 27 heavy (non-hydrogen) atoms. The molecule has 1 amide bonds. The number of rotatable bonds is 9. The Morgan fingerprint density at radius 1 is 1.30 bits per heavy atom. The second-order valence-electron chi connectivity index (χ2n) is 6.85. The van der Waals surface area contributed by atoms with Crippen molar-refractivity contribution in [3.63, 3.8) is 0 Å². The molecule has 0 unspecified atom stereocenters. The van der Waals surface area contributed by atoms with Crippen molar-refractivity contribution in [3.8, 4) is 0 Å². The smallest absolute Gasteiger partial charge is 0.222 e. The molecule has 152 valence electrons. The summed E-state index contributed by atoms with van der Waals surface area (Å²) in [6.07, 6.45) is 7.43. The zero-order chi connectivity index (χ0) is 18.6. The normalized spacial score (nSPS) is 15.1. The topological polar surface area (TPSA) is 69.9 Å². The molecule has 0 spiro atoms. The van der Waals surface area contributed by atoms with E-state index >= 15 is 0 Å². The zero-order valence-electron chi connectivity index (χ0n) is 16.3. The van der Waals surface area contributed by atoms with Crippen LogP contribution in [-0.4, -0.2) is 49.5 Å². The molecule has 7 heteroatoms. The molecule has 1 aliphatic rings. The van der Waals surface area contributed by atoms with E-state index in [9.17, 15) is 4.79 Å². The lowest BCUT2D eigenvalue weighted by Gasteiger charge is -2.21. The fraction of sp³-hybridized carbons (Fsp3) is 0.600. The molecule has 0 atom stereocenters. The summed E-state index contributed by atoms with van der Waals surface area (Å²) in [5.41, 5.74) is 1.02. The van der Waals surface area contributed by atoms with E-state index in [-0.39, 0.29) is 24.0 Å². The van der Waals surface area contributed by atoms with Gasteiger partial charge < -0.3 is 20.0 Å². The van der Waals surface area contributed by atoms with Crippen molar-refractivity contribution in [1.29, 1.82) is 0 Å². The maximum absolute atomic E-state index is 12.0. The number of hydrogen-bond acceptors (Lipinski definition) is 3. The van der Waals surface area contributed by atoms with Gasteiger partial charge in [0, 0.05) is 39.0 Å². The molecule has 0 aromatic carbocycles. The van der Waals surface area contributed by atoms with Crippen LogP contribution in [0.2, 0.25) is 0 Å². The van der Waals surface area contributed by atoms with Crippen LogP contribution in [0.25, 0.3) is 0 Å². The lowest BCUT2D eigenvalue weighted by molar-refractivity contribution is -0.130. The van der Waals surface area contributed by atoms with Crippen molar-refractivity contribution >= 4 is 35.8 Å². The first-order valence-electron chi connectivity index (χ1n) is 9.62. The van der Waals surface area contributed by atoms with Gasteiger partial charge in [0.05, 0.1) is 12.8 Å². The number of carbonyl (C=O) groups excluding carboxylic acids is 1. The minimum absolute atomic E-state index is 0. The molecule has 1 aromatic heterocycles. The number of nitrogens with zero attached hydrogens (tertiary/aromatic N) is 2. The molecule has 0 saturated carbocycles. The van der Waals surface area contributed by atoms with Crippen LogP contribution in [-0.2, 0) is 11.2 Å². The van der Waals surface area contributed by atoms with Crippen LogP contribution >= 0.6 is 24.0 Å². The van der Waals surface area contributed by atoms with E-state index in [2.05, 4.69) is 22.2 Å². The van der Waals surface area contributed by atoms with Crippen molar-refractivity contribution in [2.75, 3.05) is 32.7 Å². The number of hydrogen-bond donors (Lipinski definition) is 2. The van der Waals surface area contributed by atoms with Crippen LogP contribution < -0.4 is 10.6 Å². The number of amides is 1. The van der Waals surface area contributed by atoms with Gasteiger partial charge in [-0.15, -0.1) is 24.0 Å². The molecule has 1 aromatic rings. The van der Waals surface area contributed by atoms with E-state index in [1.165, 1.54) is 0 Å². The Hall–Kier alpha value is -1.51. The molecule has 0 bridgehead atoms. The van der Waals surface area contributed by atoms with Gasteiger partial charge in [-0.1, -0.05) is 18.6 Å². The Morgan fingerprint density at radius 3 is 2.85 bits per heavy atom. The van der Waals surface area contributed by atoms with E-state index in [1.807, 2.05) is 24.0 Å². The third kappa shape index (κ3) is 9.83. The standard InChI is InChI=1S/C20H32N4O2.HI/c1-17(2)16-23-20(22-12-10-18-8-6-15-26-18)21-11-7-14-24-13-5-3-4-9-19(24)25;/h6,8,15H,1,3-5,7,9-14,16H2,2H3,(H2,21,22,23);1H. The summed E-state index contributed by atoms with van der Waals surface area (Å²) in [4.78, 5) is 18.6. The van der Waals surface area contributed by atoms with E-state index in [4.69, 9.17) is 4.42 Å². The molecular weight excluding hydrogens is 455 g/mol. The SMILES string of the molecule is C=C(C)CN=C(NCCCN1CCCCCC1=O)NCCc1ccco1.I. The van der Waals surface area contributed by atoms with Crippen molar-refractivity contribution in [3.05, 3.63) is 36.3 Å². The average Bonchev–Trinajstić information content (AvgIpc) is 3.05. The van der Waals surface area contributed by atoms with E-state index in [1.54, 1.807) is 6.26 Å². The lowest BCUT2D eigenvalue weighted by atomic mass is 10.2. The van der Waals surface area contributed by atoms with E-state index in [0.29, 0.717) is 18.9 Å². The first kappa shape index (κ1) is 23.5. The predicted octanol–water partition coefficient (Wildman–Crippen LogP) is 3.34. The number of likely N-dealkylation sites (tertiary alicyclic amines) is 1. The van der Waals surface area contributed by atoms with Crippen LogP contribution in [0.15, 0.2) is 40.0 Å². The summed E-state index contributed by atoms with van der Waals surface area (Å²) < 4.78 is 5.35. The second-order valence-corrected chi connectivity index (χ2v) is 6.85. The van der Waals surface area contributed by atoms with Gasteiger partial charge in [-0.2, -0.15) is 0 Å². The second kappa shape index (κ2) is 13.6. The lowest BCUT2D eigenvalue weighted by Crippen LogP contribution is -2.40. The molecule has 2 N–H and O–H groups in total. The largest absolute Gasteiger partial charge is 0.469 e. The van der Waals surface area contributed by atoms with Crippen LogP contribution in [0, 0.1) is 0 Å². The van der Waals surface area contributed by atoms with E-state index < -0.39 is 0 Å². The van der Waals surface area contributed by atoms with Gasteiger partial charge in [0.1, 0.15) is 5.76 Å². The summed E-state index contributed by atoms with van der Waals surface area (Å²) in [6, 6.07) is 3.87. The van der Waals surface area contributed by atoms with Crippen molar-refractivity contribution in [1.82, 2.24) is 15.5 Å². The third-order valence-electron chi connectivity index (χ3n) is 4.32. The van der Waals surface area contributed by atoms with Crippen molar-refractivity contribution in [2.45, 2.75) is 45.4 Å². The van der Waals surface area contributed by atoms with Crippen molar-refractivity contribution < 1.29 is 9.21 Å². The quantitative estimate of drug-likeness (QED) is 0.184. The summed E-state index contributed by atoms with van der Waals surface area (Å²) in [5.74, 6) is 2.04. The Bertz CT molecular complexity index is 587. The number of furan rings is 1. The van der Waals surface area contributed by atoms with Gasteiger partial charge in [-0.05, 0) is 38.3 Å². The maximum atomic E-state index is 12.0. The monoisotopic (exact) mass is 488 g/mol. The first-order valence-corrected chi connectivity index (χ1v) is 9.62. The van der Waals surface area contributed by atoms with Crippen LogP contribution in [0.4, 0.5) is 0 Å². The summed E-state index contributed by atoms with van der Waals surface area (Å²) in [7, 11) is 0. The number of guanidine groups is 1. The summed E-state index contributed by atoms with van der Waals surface area (Å²) in [5, 5.41) is 6.68. The van der Waals surface area contributed by atoms with Gasteiger partial charge in [0.15, 0.2) is 5.96 Å². The van der Waals surface area contributed by atoms with E-state index in [0.717, 1.165) is 75.6 Å². The molecule has 6 nitrogen and oxygen atoms in total. The summed E-state index contributed by atoms with van der Waals surface area (Å²) in [6.45, 7) is 9.71. The van der Waals surface area contributed by atoms with Gasteiger partial charge in [-0.25, -0.2) is 4.99 Å². The highest BCUT2D eigenvalue weighted by atomic mass is 127. The number of halogens is 1. The molecule has 1 aliphatic heterocycles. The summed E-state index contributed by atoms with van der Waals surface area (Å²) >= 11 is 0. The minimum atomic E-state index is 0. The number of carbonyl (C=O) groups is 1. The fourth-order valence-electron chi connectivity index (χ4n) is 2.90. The zero-order valence-corrected chi connectivity index (χ0v) is 18.7. The van der Waals surface area contributed by atoms with Crippen LogP contribution in [0.5, 0.6) is 0 Å². The first-order chi connectivity index (χ1) is 12.6. The third-order valence-corrected chi connectivity index (χ3v) is 4.32. The minimum Gasteiger partial charge on any atom is -0.469 e. The molecular formula is C20H33IN4O2. The molecule has 1 fully saturated rings. The average molecular weight is 488 g/mol. The van der Waals surface area contributed by atoms with Gasteiger partial charge in [0.25, 0.3) is 0 Å². The molecule has 0 radical (unpaired) electrons. The number of aliphatic imine (C=N–C) groups is 1. The highest BCUT2D eigenvalue weighted by Gasteiger charge is 2.15. The predicted molar refractivity (Wildman–Crippen MR) is 121 cm³/mol. The number of nitrogens with one attached hydrogen (secondary N) is 2. The molecule has 2 heterocycles. The molecule has 2 rings (SSSR count). The highest BCUT2D eigenvalue weighted by Crippen LogP contribution is 2.11. The van der Waals surface area contributed by atoms with Gasteiger partial charge in [-0.3, -0.25) is 4.79 Å². The maximum Gasteiger partial charge on any atom is 0.222 e. The highest BCUT2D eigenvalue weighted by molar-refractivity contribution is 14.0. The Morgan fingerprint density at radius 2 is 2.11 bits per heavy atom. The van der Waals surface area contributed by atoms with Crippen LogP contribution in [0.3, 0.4) is 0 Å². The van der Waals surface area contributed by atoms with Gasteiger partial charge >= 0.3 is 0 Å². The Labute approximate surface area is 179 Å². The Balaban J connectivity index is 0.00000364. The Kier molecular flexibility index (Phi) is 11.9. The molecule has 0 aliphatic carbocycles. The van der Waals surface area contributed by atoms with Crippen LogP contribution in [0.1, 0.15) is 44.8 Å². The molecule has 1 saturated heterocycles. The fourth-order valence-corrected chi connectivity index (χ4v) is 2.90. The van der Waals surface area contributed by atoms with Crippen molar-refractivity contribution in [2.24, 2.45) is 4.99 Å². The van der Waals surface area contributed by atoms with Gasteiger partial charge in [0.2, 0.25) is 5.91 Å².